The van der Waals surface area contributed by atoms with Crippen molar-refractivity contribution in [3.05, 3.63) is 58.6 Å². The van der Waals surface area contributed by atoms with Gasteiger partial charge in [-0.1, -0.05) is 36.7 Å². The van der Waals surface area contributed by atoms with E-state index in [1.54, 1.807) is 6.07 Å². The molecule has 0 aliphatic carbocycles. The van der Waals surface area contributed by atoms with Gasteiger partial charge in [0.2, 0.25) is 0 Å². The maximum absolute atomic E-state index is 5.88. The summed E-state index contributed by atoms with van der Waals surface area (Å²) in [6, 6.07) is 13.5. The van der Waals surface area contributed by atoms with Crippen LogP contribution in [0.1, 0.15) is 18.1 Å². The summed E-state index contributed by atoms with van der Waals surface area (Å²) in [6.07, 6.45) is 1.00. The van der Waals surface area contributed by atoms with Crippen LogP contribution in [0, 0.1) is 0 Å². The topological polar surface area (TPSA) is 35.2 Å². The second kappa shape index (κ2) is 5.78. The molecule has 3 heteroatoms. The first-order chi connectivity index (χ1) is 8.69. The van der Waals surface area contributed by atoms with Gasteiger partial charge in [-0.15, -0.1) is 0 Å². The van der Waals surface area contributed by atoms with Crippen molar-refractivity contribution in [3.8, 4) is 5.75 Å². The van der Waals surface area contributed by atoms with Crippen molar-refractivity contribution in [1.29, 1.82) is 0 Å². The average Bonchev–Trinajstić information content (AvgIpc) is 2.38. The molecular weight excluding hydrogens is 246 g/mol. The monoisotopic (exact) mass is 261 g/mol. The van der Waals surface area contributed by atoms with Crippen LogP contribution in [0.4, 0.5) is 5.69 Å². The molecule has 0 bridgehead atoms. The number of ether oxygens (including phenoxy) is 1. The number of benzene rings is 2. The summed E-state index contributed by atoms with van der Waals surface area (Å²) in [5, 5.41) is 0.643. The quantitative estimate of drug-likeness (QED) is 0.843. The van der Waals surface area contributed by atoms with Crippen LogP contribution in [0.15, 0.2) is 42.5 Å². The summed E-state index contributed by atoms with van der Waals surface area (Å²) in [5.41, 5.74) is 8.74. The van der Waals surface area contributed by atoms with E-state index in [1.807, 2.05) is 30.3 Å². The van der Waals surface area contributed by atoms with Crippen LogP contribution in [-0.4, -0.2) is 0 Å². The van der Waals surface area contributed by atoms with E-state index in [2.05, 4.69) is 13.0 Å². The highest BCUT2D eigenvalue weighted by Crippen LogP contribution is 2.21. The lowest BCUT2D eigenvalue weighted by atomic mass is 10.1. The Hall–Kier alpha value is -1.67. The van der Waals surface area contributed by atoms with Crippen LogP contribution in [0.3, 0.4) is 0 Å². The van der Waals surface area contributed by atoms with E-state index in [0.29, 0.717) is 17.3 Å². The number of halogens is 1. The number of rotatable bonds is 4. The van der Waals surface area contributed by atoms with Gasteiger partial charge in [0, 0.05) is 16.3 Å². The van der Waals surface area contributed by atoms with Crippen molar-refractivity contribution in [2.45, 2.75) is 20.0 Å². The molecule has 0 aliphatic heterocycles. The molecule has 2 nitrogen and oxygen atoms in total. The third kappa shape index (κ3) is 3.17. The average molecular weight is 262 g/mol. The Bertz CT molecular complexity index is 540. The molecule has 0 aromatic heterocycles. The first-order valence-electron chi connectivity index (χ1n) is 5.94. The Morgan fingerprint density at radius 3 is 2.72 bits per heavy atom. The zero-order valence-corrected chi connectivity index (χ0v) is 11.1. The first kappa shape index (κ1) is 12.8. The van der Waals surface area contributed by atoms with Crippen LogP contribution in [0.2, 0.25) is 5.02 Å². The molecule has 2 aromatic rings. The maximum Gasteiger partial charge on any atom is 0.120 e. The van der Waals surface area contributed by atoms with E-state index >= 15 is 0 Å². The number of hydrogen-bond acceptors (Lipinski definition) is 2. The molecule has 0 saturated carbocycles. The Kier molecular flexibility index (Phi) is 4.11. The minimum Gasteiger partial charge on any atom is -0.489 e. The van der Waals surface area contributed by atoms with Crippen molar-refractivity contribution in [2.24, 2.45) is 0 Å². The Morgan fingerprint density at radius 2 is 2.00 bits per heavy atom. The zero-order valence-electron chi connectivity index (χ0n) is 10.3. The predicted octanol–water partition coefficient (Wildman–Crippen LogP) is 4.06. The Morgan fingerprint density at radius 1 is 1.17 bits per heavy atom. The molecule has 2 N–H and O–H groups in total. The molecule has 0 amide bonds. The van der Waals surface area contributed by atoms with Crippen molar-refractivity contribution in [3.63, 3.8) is 0 Å². The number of anilines is 1. The smallest absolute Gasteiger partial charge is 0.120 e. The summed E-state index contributed by atoms with van der Waals surface area (Å²) in [5.74, 6) is 0.865. The van der Waals surface area contributed by atoms with E-state index in [9.17, 15) is 0 Å². The number of nitrogen functional groups attached to an aromatic ring is 1. The van der Waals surface area contributed by atoms with Crippen LogP contribution < -0.4 is 10.5 Å². The lowest BCUT2D eigenvalue weighted by Gasteiger charge is -2.09. The second-order valence-corrected chi connectivity index (χ2v) is 4.57. The highest BCUT2D eigenvalue weighted by molar-refractivity contribution is 6.30. The summed E-state index contributed by atoms with van der Waals surface area (Å²) >= 11 is 5.85. The Balaban J connectivity index is 2.06. The third-order valence-electron chi connectivity index (χ3n) is 2.81. The van der Waals surface area contributed by atoms with Gasteiger partial charge in [-0.05, 0) is 36.2 Å². The van der Waals surface area contributed by atoms with Gasteiger partial charge in [-0.3, -0.25) is 0 Å². The van der Waals surface area contributed by atoms with E-state index in [1.165, 1.54) is 5.56 Å². The van der Waals surface area contributed by atoms with E-state index < -0.39 is 0 Å². The third-order valence-corrected chi connectivity index (χ3v) is 3.04. The van der Waals surface area contributed by atoms with Gasteiger partial charge in [0.1, 0.15) is 12.4 Å². The largest absolute Gasteiger partial charge is 0.489 e. The molecule has 0 unspecified atom stereocenters. The molecule has 0 atom stereocenters. The molecular formula is C15H16ClNO. The molecule has 0 heterocycles. The van der Waals surface area contributed by atoms with Crippen LogP contribution >= 0.6 is 11.6 Å². The zero-order chi connectivity index (χ0) is 13.0. The molecule has 0 fully saturated rings. The minimum atomic E-state index is 0.455. The minimum absolute atomic E-state index is 0.455. The highest BCUT2D eigenvalue weighted by atomic mass is 35.5. The molecule has 2 rings (SSSR count). The maximum atomic E-state index is 5.88. The van der Waals surface area contributed by atoms with Crippen molar-refractivity contribution >= 4 is 17.3 Å². The standard InChI is InChI=1S/C15H16ClNO/c1-2-11-4-3-5-14(8-11)18-10-12-6-7-13(16)9-15(12)17/h3-9H,2,10,17H2,1H3. The Labute approximate surface area is 112 Å². The van der Waals surface area contributed by atoms with E-state index in [4.69, 9.17) is 22.1 Å². The van der Waals surface area contributed by atoms with Gasteiger partial charge in [0.15, 0.2) is 0 Å². The lowest BCUT2D eigenvalue weighted by molar-refractivity contribution is 0.306. The molecule has 0 saturated heterocycles. The van der Waals surface area contributed by atoms with Gasteiger partial charge in [0.05, 0.1) is 0 Å². The number of hydrogen-bond donors (Lipinski definition) is 1. The summed E-state index contributed by atoms with van der Waals surface area (Å²) < 4.78 is 5.73. The van der Waals surface area contributed by atoms with Crippen LogP contribution in [0.5, 0.6) is 5.75 Å². The molecule has 0 radical (unpaired) electrons. The molecule has 94 valence electrons. The highest BCUT2D eigenvalue weighted by Gasteiger charge is 2.02. The van der Waals surface area contributed by atoms with Gasteiger partial charge >= 0.3 is 0 Å². The fourth-order valence-electron chi connectivity index (χ4n) is 1.71. The fourth-order valence-corrected chi connectivity index (χ4v) is 1.89. The summed E-state index contributed by atoms with van der Waals surface area (Å²) in [7, 11) is 0. The van der Waals surface area contributed by atoms with Crippen LogP contribution in [-0.2, 0) is 13.0 Å². The van der Waals surface area contributed by atoms with Crippen molar-refractivity contribution in [1.82, 2.24) is 0 Å². The van der Waals surface area contributed by atoms with Gasteiger partial charge in [0.25, 0.3) is 0 Å². The van der Waals surface area contributed by atoms with Crippen molar-refractivity contribution in [2.75, 3.05) is 5.73 Å². The SMILES string of the molecule is CCc1cccc(OCc2ccc(Cl)cc2N)c1. The predicted molar refractivity (Wildman–Crippen MR) is 76.0 cm³/mol. The molecule has 0 spiro atoms. The number of nitrogens with two attached hydrogens (primary N) is 1. The van der Waals surface area contributed by atoms with Crippen LogP contribution in [0.25, 0.3) is 0 Å². The van der Waals surface area contributed by atoms with E-state index in [0.717, 1.165) is 17.7 Å². The van der Waals surface area contributed by atoms with E-state index in [-0.39, 0.29) is 0 Å². The van der Waals surface area contributed by atoms with Gasteiger partial charge in [-0.25, -0.2) is 0 Å². The fraction of sp³-hybridized carbons (Fsp3) is 0.200. The molecule has 2 aromatic carbocycles. The normalized spacial score (nSPS) is 10.3. The first-order valence-corrected chi connectivity index (χ1v) is 6.32. The summed E-state index contributed by atoms with van der Waals surface area (Å²) in [6.45, 7) is 2.58. The van der Waals surface area contributed by atoms with Crippen molar-refractivity contribution < 1.29 is 4.74 Å². The molecule has 0 aliphatic rings. The van der Waals surface area contributed by atoms with Gasteiger partial charge < -0.3 is 10.5 Å². The second-order valence-electron chi connectivity index (χ2n) is 4.13. The lowest BCUT2D eigenvalue weighted by Crippen LogP contribution is -2.00. The van der Waals surface area contributed by atoms with Gasteiger partial charge in [-0.2, -0.15) is 0 Å². The summed E-state index contributed by atoms with van der Waals surface area (Å²) in [4.78, 5) is 0. The number of aryl methyl sites for hydroxylation is 1. The molecule has 18 heavy (non-hydrogen) atoms.